The van der Waals surface area contributed by atoms with Gasteiger partial charge in [0.05, 0.1) is 25.9 Å². The van der Waals surface area contributed by atoms with Crippen LogP contribution in [0.3, 0.4) is 0 Å². The Labute approximate surface area is 149 Å². The lowest BCUT2D eigenvalue weighted by atomic mass is 9.88. The maximum Gasteiger partial charge on any atom is 0.364 e. The molecule has 0 aromatic heterocycles. The van der Waals surface area contributed by atoms with Gasteiger partial charge in [-0.05, 0) is 0 Å². The minimum Gasteiger partial charge on any atom is -0.477 e. The van der Waals surface area contributed by atoms with Crippen LogP contribution in [0.15, 0.2) is 0 Å². The highest BCUT2D eigenvalue weighted by molar-refractivity contribution is 5.76. The molecule has 0 bridgehead atoms. The molecule has 0 aromatic carbocycles. The van der Waals surface area contributed by atoms with Gasteiger partial charge in [0.25, 0.3) is 5.79 Å². The van der Waals surface area contributed by atoms with Crippen LogP contribution in [-0.4, -0.2) is 98.4 Å². The number of hydrogen-bond acceptors (Lipinski definition) is 10. The fourth-order valence-electron chi connectivity index (χ4n) is 2.14. The van der Waals surface area contributed by atoms with Crippen molar-refractivity contribution >= 4 is 17.8 Å². The standard InChI is InChI=1S/C11H19NO9.C3H6O2/c1-4(14)12-7-5(15)2-11(20,10(18)19)21-9(7)8(17)6(16)3-13;1-3(4)5-2/h5-9,13,15-17,20H,2-3H2,1H3,(H,12,14)(H,18,19);1-2H3/t5-,6?,7+,8?,9+,11?;/m0./s1. The van der Waals surface area contributed by atoms with E-state index in [2.05, 4.69) is 10.1 Å². The molecule has 1 aliphatic heterocycles. The maximum absolute atomic E-state index is 11.1. The zero-order chi connectivity index (χ0) is 20.7. The van der Waals surface area contributed by atoms with Gasteiger partial charge >= 0.3 is 11.9 Å². The molecule has 3 unspecified atom stereocenters. The van der Waals surface area contributed by atoms with Crippen LogP contribution in [-0.2, 0) is 23.9 Å². The molecule has 0 radical (unpaired) electrons. The highest BCUT2D eigenvalue weighted by Crippen LogP contribution is 2.30. The van der Waals surface area contributed by atoms with Crippen molar-refractivity contribution in [3.63, 3.8) is 0 Å². The molecule has 26 heavy (non-hydrogen) atoms. The average Bonchev–Trinajstić information content (AvgIpc) is 2.55. The summed E-state index contributed by atoms with van der Waals surface area (Å²) in [7, 11) is 1.35. The highest BCUT2D eigenvalue weighted by atomic mass is 16.7. The molecule has 7 N–H and O–H groups in total. The molecule has 0 aliphatic carbocycles. The number of carbonyl (C=O) groups excluding carboxylic acids is 2. The normalized spacial score (nSPS) is 30.2. The van der Waals surface area contributed by atoms with E-state index in [4.69, 9.17) is 14.9 Å². The molecule has 0 aromatic rings. The molecule has 1 amide bonds. The first-order chi connectivity index (χ1) is 11.9. The second-order valence-electron chi connectivity index (χ2n) is 5.61. The molecular weight excluding hydrogens is 358 g/mol. The SMILES string of the molecule is CC(=O)N[C@@H]1[C@@H](O)CC(O)(C(=O)O)O[C@H]1C(O)C(O)CO.COC(C)=O. The summed E-state index contributed by atoms with van der Waals surface area (Å²) in [6.45, 7) is 1.62. The molecule has 0 saturated carbocycles. The number of methoxy groups -OCH3 is 1. The molecule has 1 rings (SSSR count). The Morgan fingerprint density at radius 3 is 2.15 bits per heavy atom. The van der Waals surface area contributed by atoms with E-state index in [1.807, 2.05) is 0 Å². The quantitative estimate of drug-likeness (QED) is 0.230. The van der Waals surface area contributed by atoms with Crippen molar-refractivity contribution in [3.8, 4) is 0 Å². The maximum atomic E-state index is 11.1. The van der Waals surface area contributed by atoms with E-state index >= 15 is 0 Å². The van der Waals surface area contributed by atoms with E-state index in [0.717, 1.165) is 6.92 Å². The fourth-order valence-corrected chi connectivity index (χ4v) is 2.14. The molecule has 0 spiro atoms. The fraction of sp³-hybridized carbons (Fsp3) is 0.786. The van der Waals surface area contributed by atoms with Gasteiger partial charge in [0.15, 0.2) is 0 Å². The zero-order valence-corrected chi connectivity index (χ0v) is 14.5. The third-order valence-corrected chi connectivity index (χ3v) is 3.49. The third kappa shape index (κ3) is 6.82. The smallest absolute Gasteiger partial charge is 0.364 e. The second kappa shape index (κ2) is 10.4. The van der Waals surface area contributed by atoms with Crippen molar-refractivity contribution in [1.29, 1.82) is 0 Å². The topological polar surface area (TPSA) is 203 Å². The number of aliphatic hydroxyl groups excluding tert-OH is 4. The van der Waals surface area contributed by atoms with Gasteiger partial charge in [0, 0.05) is 20.3 Å². The van der Waals surface area contributed by atoms with Crippen molar-refractivity contribution in [2.45, 2.75) is 56.5 Å². The Morgan fingerprint density at radius 2 is 1.81 bits per heavy atom. The van der Waals surface area contributed by atoms with Gasteiger partial charge in [-0.1, -0.05) is 0 Å². The lowest BCUT2D eigenvalue weighted by Crippen LogP contribution is -2.67. The van der Waals surface area contributed by atoms with Crippen LogP contribution in [0.5, 0.6) is 0 Å². The number of nitrogens with one attached hydrogen (secondary N) is 1. The monoisotopic (exact) mass is 383 g/mol. The third-order valence-electron chi connectivity index (χ3n) is 3.49. The summed E-state index contributed by atoms with van der Waals surface area (Å²) < 4.78 is 8.98. The summed E-state index contributed by atoms with van der Waals surface area (Å²) in [5.74, 6) is -5.42. The minimum atomic E-state index is -2.78. The lowest BCUT2D eigenvalue weighted by Gasteiger charge is -2.44. The average molecular weight is 383 g/mol. The Balaban J connectivity index is 0.00000110. The molecular formula is C14H25NO11. The van der Waals surface area contributed by atoms with Gasteiger partial charge in [-0.25, -0.2) is 4.79 Å². The van der Waals surface area contributed by atoms with Crippen LogP contribution >= 0.6 is 0 Å². The first kappa shape index (κ1) is 24.2. The number of ether oxygens (including phenoxy) is 2. The predicted octanol–water partition coefficient (Wildman–Crippen LogP) is -3.69. The summed E-state index contributed by atoms with van der Waals surface area (Å²) in [5.41, 5.74) is 0. The number of aliphatic hydroxyl groups is 5. The van der Waals surface area contributed by atoms with Gasteiger partial charge in [-0.2, -0.15) is 0 Å². The van der Waals surface area contributed by atoms with Crippen LogP contribution in [0.25, 0.3) is 0 Å². The predicted molar refractivity (Wildman–Crippen MR) is 82.5 cm³/mol. The summed E-state index contributed by atoms with van der Waals surface area (Å²) in [6, 6.07) is -1.27. The van der Waals surface area contributed by atoms with Crippen LogP contribution < -0.4 is 5.32 Å². The molecule has 1 heterocycles. The van der Waals surface area contributed by atoms with Gasteiger partial charge in [0.1, 0.15) is 18.3 Å². The van der Waals surface area contributed by atoms with Gasteiger partial charge in [0.2, 0.25) is 5.91 Å². The number of aliphatic carboxylic acids is 1. The van der Waals surface area contributed by atoms with E-state index < -0.39 is 61.1 Å². The molecule has 1 saturated heterocycles. The molecule has 1 fully saturated rings. The van der Waals surface area contributed by atoms with Gasteiger partial charge in [-0.3, -0.25) is 9.59 Å². The van der Waals surface area contributed by atoms with Crippen molar-refractivity contribution in [2.24, 2.45) is 0 Å². The largest absolute Gasteiger partial charge is 0.477 e. The van der Waals surface area contributed by atoms with Crippen molar-refractivity contribution in [2.75, 3.05) is 13.7 Å². The van der Waals surface area contributed by atoms with Gasteiger partial charge in [-0.15, -0.1) is 0 Å². The molecule has 1 aliphatic rings. The number of amides is 1. The van der Waals surface area contributed by atoms with E-state index in [1.54, 1.807) is 0 Å². The van der Waals surface area contributed by atoms with E-state index in [1.165, 1.54) is 14.0 Å². The van der Waals surface area contributed by atoms with Crippen LogP contribution in [0.2, 0.25) is 0 Å². The first-order valence-corrected chi connectivity index (χ1v) is 7.49. The van der Waals surface area contributed by atoms with E-state index in [9.17, 15) is 34.8 Å². The lowest BCUT2D eigenvalue weighted by molar-refractivity contribution is -0.295. The van der Waals surface area contributed by atoms with Crippen LogP contribution in [0.4, 0.5) is 0 Å². The van der Waals surface area contributed by atoms with Crippen molar-refractivity contribution < 1.29 is 54.5 Å². The molecule has 12 heteroatoms. The van der Waals surface area contributed by atoms with E-state index in [0.29, 0.717) is 0 Å². The number of carboxylic acid groups (broad SMARTS) is 1. The number of carboxylic acids is 1. The number of esters is 1. The Bertz CT molecular complexity index is 499. The number of carbonyl (C=O) groups is 3. The first-order valence-electron chi connectivity index (χ1n) is 7.49. The minimum absolute atomic E-state index is 0.245. The Hall–Kier alpha value is -1.83. The van der Waals surface area contributed by atoms with Crippen LogP contribution in [0.1, 0.15) is 20.3 Å². The zero-order valence-electron chi connectivity index (χ0n) is 14.5. The summed E-state index contributed by atoms with van der Waals surface area (Å²) in [4.78, 5) is 31.7. The Morgan fingerprint density at radius 1 is 1.31 bits per heavy atom. The van der Waals surface area contributed by atoms with E-state index in [-0.39, 0.29) is 5.97 Å². The van der Waals surface area contributed by atoms with Gasteiger partial charge < -0.3 is 45.4 Å². The van der Waals surface area contributed by atoms with Crippen LogP contribution in [0, 0.1) is 0 Å². The second-order valence-corrected chi connectivity index (χ2v) is 5.61. The molecule has 12 nitrogen and oxygen atoms in total. The molecule has 6 atom stereocenters. The Kier molecular flexibility index (Phi) is 9.62. The summed E-state index contributed by atoms with van der Waals surface area (Å²) >= 11 is 0. The van der Waals surface area contributed by atoms with Crippen molar-refractivity contribution in [1.82, 2.24) is 5.32 Å². The van der Waals surface area contributed by atoms with Crippen molar-refractivity contribution in [3.05, 3.63) is 0 Å². The summed E-state index contributed by atoms with van der Waals surface area (Å²) in [5, 5.41) is 59.0. The number of rotatable bonds is 5. The highest BCUT2D eigenvalue weighted by Gasteiger charge is 2.53. The summed E-state index contributed by atoms with van der Waals surface area (Å²) in [6.07, 6.45) is -7.48. The molecule has 152 valence electrons. The number of hydrogen-bond donors (Lipinski definition) is 7.